The van der Waals surface area contributed by atoms with Crippen LogP contribution in [0, 0.1) is 10.1 Å². The Balaban J connectivity index is 1.86. The third kappa shape index (κ3) is 2.44. The highest BCUT2D eigenvalue weighted by Gasteiger charge is 2.19. The third-order valence-corrected chi connectivity index (χ3v) is 5.84. The highest BCUT2D eigenvalue weighted by atomic mass is 32.1. The first-order valence-electron chi connectivity index (χ1n) is 7.04. The number of hydrogen-bond acceptors (Lipinski definition) is 4. The molecule has 2 aromatic carbocycles. The van der Waals surface area contributed by atoms with Gasteiger partial charge in [-0.25, -0.2) is 0 Å². The van der Waals surface area contributed by atoms with Crippen LogP contribution in [0.25, 0.3) is 32.3 Å². The van der Waals surface area contributed by atoms with E-state index < -0.39 is 0 Å². The molecule has 112 valence electrons. The normalized spacial score (nSPS) is 11.7. The van der Waals surface area contributed by atoms with Crippen LogP contribution in [0.1, 0.15) is 11.1 Å². The minimum atomic E-state index is -0.296. The summed E-state index contributed by atoms with van der Waals surface area (Å²) in [4.78, 5) is 11.1. The molecule has 0 saturated heterocycles. The molecule has 0 unspecified atom stereocenters. The maximum atomic E-state index is 11.3. The number of fused-ring (bicyclic) bond motifs is 2. The van der Waals surface area contributed by atoms with Crippen LogP contribution in [0.2, 0.25) is 0 Å². The van der Waals surface area contributed by atoms with Gasteiger partial charge < -0.3 is 0 Å². The van der Waals surface area contributed by atoms with E-state index >= 15 is 0 Å². The first-order chi connectivity index (χ1) is 11.2. The van der Waals surface area contributed by atoms with Gasteiger partial charge in [0.05, 0.1) is 10.5 Å². The molecule has 0 aliphatic rings. The van der Waals surface area contributed by atoms with Gasteiger partial charge in [0.25, 0.3) is 0 Å². The zero-order valence-corrected chi connectivity index (χ0v) is 13.6. The minimum Gasteiger partial charge on any atom is -0.258 e. The standard InChI is InChI=1S/C18H11NO2S2/c20-19(21)18-15(14-6-2-4-8-17(14)23-18)10-9-12-11-22-16-7-3-1-5-13(12)16/h1-11H. The van der Waals surface area contributed by atoms with Crippen LogP contribution >= 0.6 is 22.7 Å². The Hall–Kier alpha value is -2.50. The molecule has 0 N–H and O–H groups in total. The molecule has 0 aliphatic heterocycles. The van der Waals surface area contributed by atoms with Crippen LogP contribution < -0.4 is 0 Å². The topological polar surface area (TPSA) is 43.1 Å². The van der Waals surface area contributed by atoms with Gasteiger partial charge in [-0.1, -0.05) is 53.8 Å². The smallest absolute Gasteiger partial charge is 0.258 e. The molecule has 0 atom stereocenters. The maximum absolute atomic E-state index is 11.3. The van der Waals surface area contributed by atoms with E-state index in [-0.39, 0.29) is 9.92 Å². The van der Waals surface area contributed by atoms with Crippen molar-refractivity contribution < 1.29 is 4.92 Å². The van der Waals surface area contributed by atoms with Crippen molar-refractivity contribution in [1.29, 1.82) is 0 Å². The Kier molecular flexibility index (Phi) is 3.44. The summed E-state index contributed by atoms with van der Waals surface area (Å²) in [6, 6.07) is 15.9. The van der Waals surface area contributed by atoms with Gasteiger partial charge in [0.2, 0.25) is 0 Å². The molecule has 4 aromatic rings. The fraction of sp³-hybridized carbons (Fsp3) is 0. The predicted octanol–water partition coefficient (Wildman–Crippen LogP) is 6.19. The zero-order chi connectivity index (χ0) is 15.8. The molecular formula is C18H11NO2S2. The van der Waals surface area contributed by atoms with E-state index in [0.29, 0.717) is 5.56 Å². The second-order valence-corrected chi connectivity index (χ2v) is 7.04. The lowest BCUT2D eigenvalue weighted by Crippen LogP contribution is -1.85. The van der Waals surface area contributed by atoms with E-state index in [1.54, 1.807) is 11.3 Å². The van der Waals surface area contributed by atoms with Gasteiger partial charge in [0.1, 0.15) is 0 Å². The summed E-state index contributed by atoms with van der Waals surface area (Å²) >= 11 is 2.91. The van der Waals surface area contributed by atoms with E-state index in [9.17, 15) is 10.1 Å². The zero-order valence-electron chi connectivity index (χ0n) is 11.9. The van der Waals surface area contributed by atoms with Crippen molar-refractivity contribution in [3.63, 3.8) is 0 Å². The summed E-state index contributed by atoms with van der Waals surface area (Å²) in [6.07, 6.45) is 3.84. The molecule has 0 saturated carbocycles. The van der Waals surface area contributed by atoms with Crippen molar-refractivity contribution in [2.45, 2.75) is 0 Å². The SMILES string of the molecule is O=[N+]([O-])c1sc2ccccc2c1C=Cc1csc2ccccc12. The van der Waals surface area contributed by atoms with E-state index in [4.69, 9.17) is 0 Å². The van der Waals surface area contributed by atoms with Crippen molar-refractivity contribution in [2.24, 2.45) is 0 Å². The van der Waals surface area contributed by atoms with Gasteiger partial charge in [0.15, 0.2) is 0 Å². The molecule has 0 radical (unpaired) electrons. The molecule has 0 amide bonds. The van der Waals surface area contributed by atoms with Crippen molar-refractivity contribution in [3.05, 3.63) is 75.2 Å². The number of hydrogen-bond donors (Lipinski definition) is 0. The van der Waals surface area contributed by atoms with Crippen LogP contribution in [-0.2, 0) is 0 Å². The summed E-state index contributed by atoms with van der Waals surface area (Å²) < 4.78 is 2.16. The Labute approximate surface area is 140 Å². The van der Waals surface area contributed by atoms with Gasteiger partial charge in [-0.2, -0.15) is 0 Å². The summed E-state index contributed by atoms with van der Waals surface area (Å²) in [5.74, 6) is 0. The molecule has 3 nitrogen and oxygen atoms in total. The van der Waals surface area contributed by atoms with Gasteiger partial charge in [-0.3, -0.25) is 10.1 Å². The Morgan fingerprint density at radius 1 is 0.913 bits per heavy atom. The molecule has 0 aliphatic carbocycles. The van der Waals surface area contributed by atoms with Gasteiger partial charge >= 0.3 is 5.00 Å². The second-order valence-electron chi connectivity index (χ2n) is 5.09. The third-order valence-electron chi connectivity index (χ3n) is 3.72. The monoisotopic (exact) mass is 337 g/mol. The first kappa shape index (κ1) is 14.1. The number of nitrogens with zero attached hydrogens (tertiary/aromatic N) is 1. The average molecular weight is 337 g/mol. The number of rotatable bonds is 3. The lowest BCUT2D eigenvalue weighted by molar-refractivity contribution is -0.380. The fourth-order valence-corrected chi connectivity index (χ4v) is 4.58. The van der Waals surface area contributed by atoms with Crippen LogP contribution in [0.15, 0.2) is 53.9 Å². The lowest BCUT2D eigenvalue weighted by Gasteiger charge is -1.93. The lowest BCUT2D eigenvalue weighted by atomic mass is 10.1. The maximum Gasteiger partial charge on any atom is 0.332 e. The second kappa shape index (κ2) is 5.61. The summed E-state index contributed by atoms with van der Waals surface area (Å²) in [7, 11) is 0. The van der Waals surface area contributed by atoms with Crippen LogP contribution in [0.5, 0.6) is 0 Å². The molecule has 4 rings (SSSR count). The molecule has 0 fully saturated rings. The van der Waals surface area contributed by atoms with Gasteiger partial charge in [0, 0.05) is 14.8 Å². The van der Waals surface area contributed by atoms with Crippen LogP contribution in [0.3, 0.4) is 0 Å². The van der Waals surface area contributed by atoms with E-state index in [2.05, 4.69) is 17.5 Å². The summed E-state index contributed by atoms with van der Waals surface area (Å²) in [5.41, 5.74) is 1.78. The first-order valence-corrected chi connectivity index (χ1v) is 8.74. The molecular weight excluding hydrogens is 326 g/mol. The van der Waals surface area contributed by atoms with E-state index in [1.165, 1.54) is 21.4 Å². The van der Waals surface area contributed by atoms with Crippen LogP contribution in [-0.4, -0.2) is 4.92 Å². The van der Waals surface area contributed by atoms with Crippen molar-refractivity contribution >= 4 is 60.0 Å². The van der Waals surface area contributed by atoms with Crippen molar-refractivity contribution in [1.82, 2.24) is 0 Å². The molecule has 0 bridgehead atoms. The number of nitro groups is 1. The number of benzene rings is 2. The highest BCUT2D eigenvalue weighted by molar-refractivity contribution is 7.22. The molecule has 23 heavy (non-hydrogen) atoms. The van der Waals surface area contributed by atoms with Gasteiger partial charge in [-0.05, 0) is 34.5 Å². The minimum absolute atomic E-state index is 0.196. The molecule has 2 aromatic heterocycles. The van der Waals surface area contributed by atoms with E-state index in [0.717, 1.165) is 15.6 Å². The Morgan fingerprint density at radius 3 is 2.39 bits per heavy atom. The van der Waals surface area contributed by atoms with Crippen molar-refractivity contribution in [3.8, 4) is 0 Å². The molecule has 2 heterocycles. The largest absolute Gasteiger partial charge is 0.332 e. The van der Waals surface area contributed by atoms with E-state index in [1.807, 2.05) is 48.6 Å². The summed E-state index contributed by atoms with van der Waals surface area (Å²) in [6.45, 7) is 0. The fourth-order valence-electron chi connectivity index (χ4n) is 2.65. The van der Waals surface area contributed by atoms with Crippen LogP contribution in [0.4, 0.5) is 5.00 Å². The molecule has 5 heteroatoms. The highest BCUT2D eigenvalue weighted by Crippen LogP contribution is 2.38. The van der Waals surface area contributed by atoms with Gasteiger partial charge in [-0.15, -0.1) is 11.3 Å². The van der Waals surface area contributed by atoms with Crippen molar-refractivity contribution in [2.75, 3.05) is 0 Å². The predicted molar refractivity (Wildman–Crippen MR) is 99.2 cm³/mol. The molecule has 0 spiro atoms. The Morgan fingerprint density at radius 2 is 1.61 bits per heavy atom. The Bertz CT molecular complexity index is 1060. The summed E-state index contributed by atoms with van der Waals surface area (Å²) in [5, 5.41) is 15.7. The average Bonchev–Trinajstić information content (AvgIpc) is 3.14. The quantitative estimate of drug-likeness (QED) is 0.330. The number of thiophene rings is 2.